The van der Waals surface area contributed by atoms with Gasteiger partial charge in [-0.05, 0) is 61.4 Å². The fourth-order valence-electron chi connectivity index (χ4n) is 4.64. The zero-order chi connectivity index (χ0) is 22.9. The van der Waals surface area contributed by atoms with Gasteiger partial charge in [-0.1, -0.05) is 84.0 Å². The van der Waals surface area contributed by atoms with Crippen LogP contribution in [0.15, 0.2) is 42.5 Å². The number of rotatable bonds is 13. The molecule has 2 aromatic rings. The Morgan fingerprint density at radius 3 is 2.09 bits per heavy atom. The molecule has 0 aliphatic rings. The van der Waals surface area contributed by atoms with Crippen molar-refractivity contribution >= 4 is 29.1 Å². The molecule has 0 spiro atoms. The van der Waals surface area contributed by atoms with Crippen molar-refractivity contribution in [2.75, 3.05) is 45.8 Å². The van der Waals surface area contributed by atoms with Crippen LogP contribution in [0.1, 0.15) is 53.5 Å². The SMILES string of the molecule is CCN(CC)CCC(CNC(=O)CN(CC)CC)(c1cccc2ccccc12)C(C)C.Cl. The average molecular weight is 462 g/mol. The zero-order valence-electron chi connectivity index (χ0n) is 21.0. The van der Waals surface area contributed by atoms with Crippen LogP contribution < -0.4 is 5.32 Å². The molecule has 5 heteroatoms. The van der Waals surface area contributed by atoms with Crippen LogP contribution in [-0.4, -0.2) is 61.5 Å². The number of hydrogen-bond donors (Lipinski definition) is 1. The Kier molecular flexibility index (Phi) is 12.3. The van der Waals surface area contributed by atoms with Gasteiger partial charge in [0.05, 0.1) is 6.54 Å². The smallest absolute Gasteiger partial charge is 0.234 e. The topological polar surface area (TPSA) is 35.6 Å². The highest BCUT2D eigenvalue weighted by atomic mass is 35.5. The molecule has 1 unspecified atom stereocenters. The molecule has 0 aromatic heterocycles. The predicted octanol–water partition coefficient (Wildman–Crippen LogP) is 5.35. The van der Waals surface area contributed by atoms with Crippen molar-refractivity contribution in [1.29, 1.82) is 0 Å². The summed E-state index contributed by atoms with van der Waals surface area (Å²) in [4.78, 5) is 17.5. The molecule has 0 aliphatic carbocycles. The fourth-order valence-corrected chi connectivity index (χ4v) is 4.64. The van der Waals surface area contributed by atoms with E-state index in [2.05, 4.69) is 99.1 Å². The van der Waals surface area contributed by atoms with Crippen LogP contribution in [0, 0.1) is 5.92 Å². The number of likely N-dealkylation sites (N-methyl/N-ethyl adjacent to an activating group) is 1. The minimum atomic E-state index is -0.123. The molecule has 0 bridgehead atoms. The summed E-state index contributed by atoms with van der Waals surface area (Å²) in [5.41, 5.74) is 1.23. The number of carbonyl (C=O) groups excluding carboxylic acids is 1. The highest BCUT2D eigenvalue weighted by Gasteiger charge is 2.37. The highest BCUT2D eigenvalue weighted by Crippen LogP contribution is 2.39. The van der Waals surface area contributed by atoms with Crippen LogP contribution in [0.3, 0.4) is 0 Å². The molecule has 1 N–H and O–H groups in total. The first kappa shape index (κ1) is 28.4. The molecule has 0 saturated heterocycles. The zero-order valence-corrected chi connectivity index (χ0v) is 21.8. The standard InChI is InChI=1S/C27H43N3O.ClH/c1-7-29(8-2)19-18-27(22(5)6,21-28-26(31)20-30(9-3)10-4)25-17-13-15-23-14-11-12-16-24(23)25;/h11-17,22H,7-10,18-21H2,1-6H3,(H,28,31);1H. The summed E-state index contributed by atoms with van der Waals surface area (Å²) < 4.78 is 0. The van der Waals surface area contributed by atoms with Gasteiger partial charge in [0.1, 0.15) is 0 Å². The number of halogens is 1. The van der Waals surface area contributed by atoms with Crippen molar-refractivity contribution in [3.05, 3.63) is 48.0 Å². The third-order valence-electron chi connectivity index (χ3n) is 7.06. The Hall–Kier alpha value is -1.62. The lowest BCUT2D eigenvalue weighted by Gasteiger charge is -2.41. The van der Waals surface area contributed by atoms with Gasteiger partial charge in [-0.2, -0.15) is 0 Å². The van der Waals surface area contributed by atoms with E-state index >= 15 is 0 Å². The maximum absolute atomic E-state index is 12.8. The van der Waals surface area contributed by atoms with E-state index in [9.17, 15) is 4.79 Å². The van der Waals surface area contributed by atoms with Crippen LogP contribution in [0.5, 0.6) is 0 Å². The number of nitrogens with zero attached hydrogens (tertiary/aromatic N) is 2. The van der Waals surface area contributed by atoms with E-state index in [1.54, 1.807) is 0 Å². The second-order valence-corrected chi connectivity index (χ2v) is 8.85. The van der Waals surface area contributed by atoms with Gasteiger partial charge in [-0.15, -0.1) is 12.4 Å². The largest absolute Gasteiger partial charge is 0.354 e. The summed E-state index contributed by atoms with van der Waals surface area (Å²) in [6.45, 7) is 19.3. The first-order valence-corrected chi connectivity index (χ1v) is 12.1. The second-order valence-electron chi connectivity index (χ2n) is 8.85. The predicted molar refractivity (Wildman–Crippen MR) is 141 cm³/mol. The Labute approximate surface area is 202 Å². The van der Waals surface area contributed by atoms with E-state index in [0.29, 0.717) is 19.0 Å². The minimum absolute atomic E-state index is 0. The van der Waals surface area contributed by atoms with Gasteiger partial charge in [0, 0.05) is 12.0 Å². The van der Waals surface area contributed by atoms with Gasteiger partial charge in [-0.3, -0.25) is 9.69 Å². The molecule has 32 heavy (non-hydrogen) atoms. The molecule has 1 amide bonds. The summed E-state index contributed by atoms with van der Waals surface area (Å²) >= 11 is 0. The molecular formula is C27H44ClN3O. The molecule has 0 saturated carbocycles. The number of fused-ring (bicyclic) bond motifs is 1. The minimum Gasteiger partial charge on any atom is -0.354 e. The van der Waals surface area contributed by atoms with Crippen molar-refractivity contribution in [3.8, 4) is 0 Å². The van der Waals surface area contributed by atoms with Crippen molar-refractivity contribution in [1.82, 2.24) is 15.1 Å². The Balaban J connectivity index is 0.00000512. The van der Waals surface area contributed by atoms with Crippen molar-refractivity contribution in [3.63, 3.8) is 0 Å². The summed E-state index contributed by atoms with van der Waals surface area (Å²) in [6, 6.07) is 15.3. The van der Waals surface area contributed by atoms with E-state index in [1.807, 2.05) is 0 Å². The van der Waals surface area contributed by atoms with Crippen molar-refractivity contribution in [2.24, 2.45) is 5.92 Å². The quantitative estimate of drug-likeness (QED) is 0.437. The van der Waals surface area contributed by atoms with Gasteiger partial charge >= 0.3 is 0 Å². The maximum Gasteiger partial charge on any atom is 0.234 e. The summed E-state index contributed by atoms with van der Waals surface area (Å²) in [5.74, 6) is 0.513. The van der Waals surface area contributed by atoms with E-state index in [4.69, 9.17) is 0 Å². The lowest BCUT2D eigenvalue weighted by molar-refractivity contribution is -0.122. The lowest BCUT2D eigenvalue weighted by Crippen LogP contribution is -2.48. The monoisotopic (exact) mass is 461 g/mol. The Morgan fingerprint density at radius 1 is 0.906 bits per heavy atom. The van der Waals surface area contributed by atoms with Crippen LogP contribution in [0.2, 0.25) is 0 Å². The van der Waals surface area contributed by atoms with Gasteiger partial charge in [0.15, 0.2) is 0 Å². The fraction of sp³-hybridized carbons (Fsp3) is 0.593. The van der Waals surface area contributed by atoms with E-state index in [0.717, 1.165) is 39.1 Å². The van der Waals surface area contributed by atoms with E-state index in [-0.39, 0.29) is 23.7 Å². The van der Waals surface area contributed by atoms with E-state index in [1.165, 1.54) is 16.3 Å². The molecule has 1 atom stereocenters. The number of carbonyl (C=O) groups is 1. The average Bonchev–Trinajstić information content (AvgIpc) is 2.79. The number of nitrogens with one attached hydrogen (secondary N) is 1. The molecule has 0 heterocycles. The molecule has 0 aliphatic heterocycles. The second kappa shape index (κ2) is 13.8. The maximum atomic E-state index is 12.8. The first-order chi connectivity index (χ1) is 14.9. The Bertz CT molecular complexity index is 812. The third kappa shape index (κ3) is 6.94. The van der Waals surface area contributed by atoms with E-state index < -0.39 is 0 Å². The number of benzene rings is 2. The molecule has 2 rings (SSSR count). The van der Waals surface area contributed by atoms with Crippen molar-refractivity contribution < 1.29 is 4.79 Å². The molecule has 4 nitrogen and oxygen atoms in total. The van der Waals surface area contributed by atoms with Crippen LogP contribution >= 0.6 is 12.4 Å². The Morgan fingerprint density at radius 2 is 1.50 bits per heavy atom. The molecule has 180 valence electrons. The highest BCUT2D eigenvalue weighted by molar-refractivity contribution is 5.87. The van der Waals surface area contributed by atoms with Gasteiger partial charge in [-0.25, -0.2) is 0 Å². The van der Waals surface area contributed by atoms with Gasteiger partial charge in [0.2, 0.25) is 5.91 Å². The molecule has 0 fully saturated rings. The van der Waals surface area contributed by atoms with Gasteiger partial charge < -0.3 is 10.2 Å². The normalized spacial score (nSPS) is 13.4. The van der Waals surface area contributed by atoms with Crippen LogP contribution in [0.25, 0.3) is 10.8 Å². The van der Waals surface area contributed by atoms with Crippen LogP contribution in [-0.2, 0) is 10.2 Å². The third-order valence-corrected chi connectivity index (χ3v) is 7.06. The molecular weight excluding hydrogens is 418 g/mol. The molecule has 2 aromatic carbocycles. The number of hydrogen-bond acceptors (Lipinski definition) is 3. The van der Waals surface area contributed by atoms with Gasteiger partial charge in [0.25, 0.3) is 0 Å². The summed E-state index contributed by atoms with van der Waals surface area (Å²) in [5, 5.41) is 5.90. The van der Waals surface area contributed by atoms with Crippen LogP contribution in [0.4, 0.5) is 0 Å². The lowest BCUT2D eigenvalue weighted by atomic mass is 9.67. The van der Waals surface area contributed by atoms with Crippen molar-refractivity contribution in [2.45, 2.75) is 53.4 Å². The molecule has 0 radical (unpaired) electrons. The first-order valence-electron chi connectivity index (χ1n) is 12.1. The summed E-state index contributed by atoms with van der Waals surface area (Å²) in [6.07, 6.45) is 1.02. The number of amides is 1. The summed E-state index contributed by atoms with van der Waals surface area (Å²) in [7, 11) is 0.